The number of aryl methyl sites for hydroxylation is 2. The largest absolute Gasteiger partial charge is 0.463 e. The molecule has 1 aliphatic heterocycles. The van der Waals surface area contributed by atoms with Crippen molar-refractivity contribution < 1.29 is 9.53 Å². The summed E-state index contributed by atoms with van der Waals surface area (Å²) in [6.07, 6.45) is 4.63. The molecule has 2 heterocycles. The standard InChI is InChI=1S/C18H24N2O2/c1-5-22-18(21)16-11(2)14-10-13-8-6-7-9-15(13)19-17(14)20(4)12(16)3/h10-11H,5-9H2,1-4H3. The fourth-order valence-electron chi connectivity index (χ4n) is 3.57. The molecule has 1 unspecified atom stereocenters. The van der Waals surface area contributed by atoms with Crippen LogP contribution in [0.15, 0.2) is 17.3 Å². The number of fused-ring (bicyclic) bond motifs is 2. The Bertz CT molecular complexity index is 649. The van der Waals surface area contributed by atoms with E-state index in [1.54, 1.807) is 0 Å². The van der Waals surface area contributed by atoms with Crippen LogP contribution in [0.1, 0.15) is 56.4 Å². The second-order valence-electron chi connectivity index (χ2n) is 6.21. The molecule has 0 fully saturated rings. The summed E-state index contributed by atoms with van der Waals surface area (Å²) in [6, 6.07) is 2.27. The number of aromatic nitrogens is 1. The molecule has 1 atom stereocenters. The van der Waals surface area contributed by atoms with Gasteiger partial charge in [0.1, 0.15) is 5.82 Å². The Morgan fingerprint density at radius 3 is 2.86 bits per heavy atom. The number of carbonyl (C=O) groups excluding carboxylic acids is 1. The average Bonchev–Trinajstić information content (AvgIpc) is 2.52. The molecule has 1 aromatic rings. The quantitative estimate of drug-likeness (QED) is 0.786. The number of esters is 1. The topological polar surface area (TPSA) is 42.4 Å². The van der Waals surface area contributed by atoms with E-state index in [-0.39, 0.29) is 11.9 Å². The van der Waals surface area contributed by atoms with Crippen molar-refractivity contribution in [3.8, 4) is 0 Å². The molecule has 0 spiro atoms. The van der Waals surface area contributed by atoms with Crippen LogP contribution >= 0.6 is 0 Å². The van der Waals surface area contributed by atoms with Gasteiger partial charge in [0, 0.05) is 29.9 Å². The Morgan fingerprint density at radius 2 is 2.14 bits per heavy atom. The number of pyridine rings is 1. The highest BCUT2D eigenvalue weighted by molar-refractivity contribution is 5.93. The maximum Gasteiger partial charge on any atom is 0.336 e. The minimum absolute atomic E-state index is 0.0324. The van der Waals surface area contributed by atoms with Gasteiger partial charge in [-0.3, -0.25) is 0 Å². The zero-order valence-electron chi connectivity index (χ0n) is 13.9. The number of nitrogens with zero attached hydrogens (tertiary/aromatic N) is 2. The summed E-state index contributed by atoms with van der Waals surface area (Å²) in [6.45, 7) is 6.31. The van der Waals surface area contributed by atoms with E-state index in [0.717, 1.165) is 35.5 Å². The zero-order valence-corrected chi connectivity index (χ0v) is 13.9. The number of hydrogen-bond acceptors (Lipinski definition) is 4. The summed E-state index contributed by atoms with van der Waals surface area (Å²) in [5.74, 6) is 0.825. The van der Waals surface area contributed by atoms with E-state index < -0.39 is 0 Å². The van der Waals surface area contributed by atoms with Gasteiger partial charge in [0.2, 0.25) is 0 Å². The van der Waals surface area contributed by atoms with Crippen LogP contribution in [0.5, 0.6) is 0 Å². The average molecular weight is 300 g/mol. The predicted octanol–water partition coefficient (Wildman–Crippen LogP) is 3.35. The Balaban J connectivity index is 2.08. The highest BCUT2D eigenvalue weighted by Gasteiger charge is 2.33. The van der Waals surface area contributed by atoms with Gasteiger partial charge in [-0.05, 0) is 51.2 Å². The maximum absolute atomic E-state index is 12.3. The van der Waals surface area contributed by atoms with E-state index in [4.69, 9.17) is 9.72 Å². The third-order valence-corrected chi connectivity index (χ3v) is 4.91. The molecule has 4 nitrogen and oxygen atoms in total. The van der Waals surface area contributed by atoms with Crippen LogP contribution < -0.4 is 4.90 Å². The molecule has 4 heteroatoms. The summed E-state index contributed by atoms with van der Waals surface area (Å²) in [7, 11) is 1.99. The smallest absolute Gasteiger partial charge is 0.336 e. The molecule has 3 rings (SSSR count). The molecule has 1 aliphatic carbocycles. The van der Waals surface area contributed by atoms with Gasteiger partial charge in [-0.1, -0.05) is 6.92 Å². The summed E-state index contributed by atoms with van der Waals surface area (Å²) in [5, 5.41) is 0. The monoisotopic (exact) mass is 300 g/mol. The lowest BCUT2D eigenvalue weighted by Gasteiger charge is -2.34. The van der Waals surface area contributed by atoms with E-state index in [2.05, 4.69) is 13.0 Å². The fraction of sp³-hybridized carbons (Fsp3) is 0.556. The van der Waals surface area contributed by atoms with Crippen molar-refractivity contribution in [2.45, 2.75) is 52.4 Å². The van der Waals surface area contributed by atoms with Gasteiger partial charge in [-0.2, -0.15) is 0 Å². The minimum atomic E-state index is -0.206. The van der Waals surface area contributed by atoms with Crippen LogP contribution in [-0.4, -0.2) is 24.6 Å². The van der Waals surface area contributed by atoms with Crippen molar-refractivity contribution in [3.05, 3.63) is 34.2 Å². The first-order valence-electron chi connectivity index (χ1n) is 8.18. The van der Waals surface area contributed by atoms with Gasteiger partial charge in [-0.25, -0.2) is 9.78 Å². The van der Waals surface area contributed by atoms with Gasteiger partial charge in [0.15, 0.2) is 0 Å². The summed E-state index contributed by atoms with van der Waals surface area (Å²) >= 11 is 0. The first kappa shape index (κ1) is 15.1. The number of carbonyl (C=O) groups is 1. The van der Waals surface area contributed by atoms with Crippen molar-refractivity contribution >= 4 is 11.8 Å². The molecule has 0 radical (unpaired) electrons. The van der Waals surface area contributed by atoms with Crippen LogP contribution in [0.3, 0.4) is 0 Å². The van der Waals surface area contributed by atoms with Crippen LogP contribution in [0.25, 0.3) is 0 Å². The van der Waals surface area contributed by atoms with Crippen LogP contribution in [0, 0.1) is 0 Å². The van der Waals surface area contributed by atoms with Crippen molar-refractivity contribution in [1.29, 1.82) is 0 Å². The summed E-state index contributed by atoms with van der Waals surface area (Å²) in [5.41, 5.74) is 5.44. The van der Waals surface area contributed by atoms with Crippen molar-refractivity contribution in [2.75, 3.05) is 18.6 Å². The Kier molecular flexibility index (Phi) is 3.94. The number of anilines is 1. The first-order valence-corrected chi connectivity index (χ1v) is 8.18. The van der Waals surface area contributed by atoms with E-state index in [1.807, 2.05) is 25.8 Å². The second kappa shape index (κ2) is 5.75. The minimum Gasteiger partial charge on any atom is -0.463 e. The fourth-order valence-corrected chi connectivity index (χ4v) is 3.57. The van der Waals surface area contributed by atoms with Crippen LogP contribution in [0.4, 0.5) is 5.82 Å². The molecule has 0 bridgehead atoms. The number of ether oxygens (including phenoxy) is 1. The highest BCUT2D eigenvalue weighted by atomic mass is 16.5. The van der Waals surface area contributed by atoms with Gasteiger partial charge in [0.25, 0.3) is 0 Å². The van der Waals surface area contributed by atoms with E-state index in [9.17, 15) is 4.79 Å². The molecule has 22 heavy (non-hydrogen) atoms. The molecule has 0 saturated heterocycles. The van der Waals surface area contributed by atoms with E-state index >= 15 is 0 Å². The molecule has 0 saturated carbocycles. The Morgan fingerprint density at radius 1 is 1.41 bits per heavy atom. The van der Waals surface area contributed by atoms with Crippen LogP contribution in [-0.2, 0) is 22.4 Å². The molecule has 0 amide bonds. The third-order valence-electron chi connectivity index (χ3n) is 4.91. The zero-order chi connectivity index (χ0) is 15.9. The molecule has 2 aliphatic rings. The first-order chi connectivity index (χ1) is 10.5. The SMILES string of the molecule is CCOC(=O)C1=C(C)N(C)c2nc3c(cc2C1C)CCCC3. The second-order valence-corrected chi connectivity index (χ2v) is 6.21. The molecule has 0 N–H and O–H groups in total. The predicted molar refractivity (Wildman–Crippen MR) is 87.0 cm³/mol. The Hall–Kier alpha value is -1.84. The van der Waals surface area contributed by atoms with E-state index in [1.165, 1.54) is 24.1 Å². The van der Waals surface area contributed by atoms with E-state index in [0.29, 0.717) is 6.61 Å². The van der Waals surface area contributed by atoms with Crippen molar-refractivity contribution in [3.63, 3.8) is 0 Å². The van der Waals surface area contributed by atoms with Crippen molar-refractivity contribution in [2.24, 2.45) is 0 Å². The molecular formula is C18H24N2O2. The molecule has 1 aromatic heterocycles. The number of allylic oxidation sites excluding steroid dienone is 1. The lowest BCUT2D eigenvalue weighted by molar-refractivity contribution is -0.138. The normalized spacial score (nSPS) is 20.5. The van der Waals surface area contributed by atoms with Gasteiger partial charge < -0.3 is 9.64 Å². The Labute approximate surface area is 132 Å². The summed E-state index contributed by atoms with van der Waals surface area (Å²) in [4.78, 5) is 19.3. The lowest BCUT2D eigenvalue weighted by Crippen LogP contribution is -2.30. The summed E-state index contributed by atoms with van der Waals surface area (Å²) < 4.78 is 5.25. The van der Waals surface area contributed by atoms with Crippen molar-refractivity contribution in [1.82, 2.24) is 4.98 Å². The van der Waals surface area contributed by atoms with Crippen LogP contribution in [0.2, 0.25) is 0 Å². The van der Waals surface area contributed by atoms with Gasteiger partial charge in [-0.15, -0.1) is 0 Å². The molecule has 0 aromatic carbocycles. The lowest BCUT2D eigenvalue weighted by atomic mass is 9.85. The molecular weight excluding hydrogens is 276 g/mol. The number of rotatable bonds is 2. The van der Waals surface area contributed by atoms with Gasteiger partial charge >= 0.3 is 5.97 Å². The number of hydrogen-bond donors (Lipinski definition) is 0. The maximum atomic E-state index is 12.3. The third kappa shape index (κ3) is 2.31. The molecule has 118 valence electrons. The van der Waals surface area contributed by atoms with Gasteiger partial charge in [0.05, 0.1) is 12.2 Å². The highest BCUT2D eigenvalue weighted by Crippen LogP contribution is 2.41.